The molecule has 13 heavy (non-hydrogen) atoms. The summed E-state index contributed by atoms with van der Waals surface area (Å²) in [6.07, 6.45) is -0.339. The van der Waals surface area contributed by atoms with E-state index in [4.69, 9.17) is 4.74 Å². The third-order valence-electron chi connectivity index (χ3n) is 2.42. The molecule has 0 saturated carbocycles. The lowest BCUT2D eigenvalue weighted by molar-refractivity contribution is 0.0266. The second kappa shape index (κ2) is 5.54. The molecule has 78 valence electrons. The number of rotatable bonds is 4. The molecule has 1 aliphatic heterocycles. The van der Waals surface area contributed by atoms with E-state index in [0.29, 0.717) is 6.61 Å². The molecule has 0 aromatic rings. The summed E-state index contributed by atoms with van der Waals surface area (Å²) in [4.78, 5) is 4.59. The molecule has 1 fully saturated rings. The maximum absolute atomic E-state index is 9.49. The number of nitrogens with zero attached hydrogens (tertiary/aromatic N) is 2. The quantitative estimate of drug-likeness (QED) is 0.629. The summed E-state index contributed by atoms with van der Waals surface area (Å²) in [6, 6.07) is 0. The number of hydrogen-bond acceptors (Lipinski definition) is 4. The number of ether oxygens (including phenoxy) is 1. The van der Waals surface area contributed by atoms with Crippen LogP contribution >= 0.6 is 0 Å². The number of β-amino-alcohol motifs (C(OH)–C–C–N with tert-alkyl or cyclic N) is 1. The third kappa shape index (κ3) is 4.04. The van der Waals surface area contributed by atoms with Gasteiger partial charge in [0.2, 0.25) is 0 Å². The van der Waals surface area contributed by atoms with Crippen molar-refractivity contribution in [3.8, 4) is 0 Å². The molecule has 1 heterocycles. The Labute approximate surface area is 80.1 Å². The van der Waals surface area contributed by atoms with Crippen LogP contribution in [-0.4, -0.2) is 74.5 Å². The summed E-state index contributed by atoms with van der Waals surface area (Å²) >= 11 is 0. The van der Waals surface area contributed by atoms with Crippen molar-refractivity contribution >= 4 is 0 Å². The lowest BCUT2D eigenvalue weighted by Gasteiger charge is -2.33. The van der Waals surface area contributed by atoms with E-state index < -0.39 is 0 Å². The Morgan fingerprint density at radius 1 is 1.31 bits per heavy atom. The Bertz CT molecular complexity index is 136. The largest absolute Gasteiger partial charge is 0.389 e. The first kappa shape index (κ1) is 10.9. The number of piperazine rings is 1. The van der Waals surface area contributed by atoms with E-state index in [9.17, 15) is 5.11 Å². The van der Waals surface area contributed by atoms with Crippen LogP contribution in [0.1, 0.15) is 0 Å². The number of hydrogen-bond donors (Lipinski definition) is 1. The zero-order valence-corrected chi connectivity index (χ0v) is 8.57. The topological polar surface area (TPSA) is 35.9 Å². The fraction of sp³-hybridized carbons (Fsp3) is 1.00. The van der Waals surface area contributed by atoms with Gasteiger partial charge in [-0.3, -0.25) is 4.90 Å². The van der Waals surface area contributed by atoms with Crippen molar-refractivity contribution in [1.82, 2.24) is 9.80 Å². The van der Waals surface area contributed by atoms with Gasteiger partial charge in [0.05, 0.1) is 12.7 Å². The molecule has 0 aromatic heterocycles. The molecule has 0 aliphatic carbocycles. The van der Waals surface area contributed by atoms with Crippen molar-refractivity contribution in [2.45, 2.75) is 6.10 Å². The number of aliphatic hydroxyl groups is 1. The average molecular weight is 188 g/mol. The van der Waals surface area contributed by atoms with Crippen LogP contribution in [0, 0.1) is 0 Å². The molecule has 0 spiro atoms. The Morgan fingerprint density at radius 3 is 2.46 bits per heavy atom. The van der Waals surface area contributed by atoms with Gasteiger partial charge in [0.15, 0.2) is 0 Å². The fourth-order valence-corrected chi connectivity index (χ4v) is 1.57. The lowest BCUT2D eigenvalue weighted by Crippen LogP contribution is -2.47. The van der Waals surface area contributed by atoms with Crippen molar-refractivity contribution in [3.05, 3.63) is 0 Å². The van der Waals surface area contributed by atoms with E-state index >= 15 is 0 Å². The van der Waals surface area contributed by atoms with Crippen molar-refractivity contribution < 1.29 is 9.84 Å². The molecule has 0 unspecified atom stereocenters. The first-order valence-corrected chi connectivity index (χ1v) is 4.80. The zero-order chi connectivity index (χ0) is 9.68. The first-order valence-electron chi connectivity index (χ1n) is 4.80. The monoisotopic (exact) mass is 188 g/mol. The summed E-state index contributed by atoms with van der Waals surface area (Å²) in [5.74, 6) is 0. The highest BCUT2D eigenvalue weighted by atomic mass is 16.5. The normalized spacial score (nSPS) is 23.3. The van der Waals surface area contributed by atoms with Gasteiger partial charge in [-0.15, -0.1) is 0 Å². The predicted molar refractivity (Wildman–Crippen MR) is 51.8 cm³/mol. The summed E-state index contributed by atoms with van der Waals surface area (Å²) < 4.78 is 4.88. The van der Waals surface area contributed by atoms with Crippen LogP contribution in [0.25, 0.3) is 0 Å². The number of methoxy groups -OCH3 is 1. The van der Waals surface area contributed by atoms with Crippen molar-refractivity contribution in [3.63, 3.8) is 0 Å². The molecule has 0 radical (unpaired) electrons. The Kier molecular flexibility index (Phi) is 4.66. The Balaban J connectivity index is 2.14. The second-order valence-corrected chi connectivity index (χ2v) is 3.71. The fourth-order valence-electron chi connectivity index (χ4n) is 1.57. The summed E-state index contributed by atoms with van der Waals surface area (Å²) in [5.41, 5.74) is 0. The van der Waals surface area contributed by atoms with Gasteiger partial charge < -0.3 is 14.7 Å². The van der Waals surface area contributed by atoms with Gasteiger partial charge in [-0.2, -0.15) is 0 Å². The first-order chi connectivity index (χ1) is 6.22. The maximum atomic E-state index is 9.49. The molecule has 1 atom stereocenters. The molecule has 0 bridgehead atoms. The van der Waals surface area contributed by atoms with Gasteiger partial charge in [0, 0.05) is 39.8 Å². The molecule has 1 aliphatic rings. The van der Waals surface area contributed by atoms with E-state index in [0.717, 1.165) is 32.7 Å². The highest BCUT2D eigenvalue weighted by Crippen LogP contribution is 2.00. The summed E-state index contributed by atoms with van der Waals surface area (Å²) in [5, 5.41) is 9.49. The molecule has 0 amide bonds. The molecule has 0 aromatic carbocycles. The Morgan fingerprint density at radius 2 is 1.92 bits per heavy atom. The van der Waals surface area contributed by atoms with Gasteiger partial charge in [0.1, 0.15) is 0 Å². The van der Waals surface area contributed by atoms with Crippen LogP contribution < -0.4 is 0 Å². The van der Waals surface area contributed by atoms with Gasteiger partial charge >= 0.3 is 0 Å². The standard InChI is InChI=1S/C9H20N2O2/c1-10-3-5-11(6-4-10)7-9(12)8-13-2/h9,12H,3-8H2,1-2H3/t9-/m1/s1. The third-order valence-corrected chi connectivity index (χ3v) is 2.42. The number of likely N-dealkylation sites (N-methyl/N-ethyl adjacent to an activating group) is 1. The van der Waals surface area contributed by atoms with Crippen molar-refractivity contribution in [2.75, 3.05) is 53.5 Å². The minimum atomic E-state index is -0.339. The SMILES string of the molecule is COC[C@H](O)CN1CCN(C)CC1. The minimum Gasteiger partial charge on any atom is -0.389 e. The van der Waals surface area contributed by atoms with Crippen LogP contribution in [-0.2, 0) is 4.74 Å². The molecule has 1 saturated heterocycles. The summed E-state index contributed by atoms with van der Waals surface area (Å²) in [7, 11) is 3.75. The van der Waals surface area contributed by atoms with Crippen molar-refractivity contribution in [1.29, 1.82) is 0 Å². The minimum absolute atomic E-state index is 0.339. The highest BCUT2D eigenvalue weighted by Gasteiger charge is 2.16. The number of aliphatic hydroxyl groups excluding tert-OH is 1. The van der Waals surface area contributed by atoms with E-state index in [1.807, 2.05) is 0 Å². The summed E-state index contributed by atoms with van der Waals surface area (Å²) in [6.45, 7) is 5.47. The Hall–Kier alpha value is -0.160. The predicted octanol–water partition coefficient (Wildman–Crippen LogP) is -0.759. The highest BCUT2D eigenvalue weighted by molar-refractivity contribution is 4.71. The van der Waals surface area contributed by atoms with Crippen LogP contribution in [0.3, 0.4) is 0 Å². The molecule has 4 heteroatoms. The van der Waals surface area contributed by atoms with E-state index in [1.165, 1.54) is 0 Å². The average Bonchev–Trinajstić information content (AvgIpc) is 2.09. The van der Waals surface area contributed by atoms with Crippen LogP contribution in [0.5, 0.6) is 0 Å². The van der Waals surface area contributed by atoms with Gasteiger partial charge in [-0.05, 0) is 7.05 Å². The van der Waals surface area contributed by atoms with Crippen LogP contribution in [0.2, 0.25) is 0 Å². The van der Waals surface area contributed by atoms with Gasteiger partial charge in [0.25, 0.3) is 0 Å². The second-order valence-electron chi connectivity index (χ2n) is 3.71. The zero-order valence-electron chi connectivity index (χ0n) is 8.57. The van der Waals surface area contributed by atoms with Crippen LogP contribution in [0.4, 0.5) is 0 Å². The van der Waals surface area contributed by atoms with E-state index in [2.05, 4.69) is 16.8 Å². The smallest absolute Gasteiger partial charge is 0.0900 e. The molecule has 1 rings (SSSR count). The van der Waals surface area contributed by atoms with Gasteiger partial charge in [-0.1, -0.05) is 0 Å². The van der Waals surface area contributed by atoms with Crippen molar-refractivity contribution in [2.24, 2.45) is 0 Å². The van der Waals surface area contributed by atoms with E-state index in [-0.39, 0.29) is 6.10 Å². The molecule has 1 N–H and O–H groups in total. The van der Waals surface area contributed by atoms with Crippen LogP contribution in [0.15, 0.2) is 0 Å². The molecular formula is C9H20N2O2. The van der Waals surface area contributed by atoms with E-state index in [1.54, 1.807) is 7.11 Å². The lowest BCUT2D eigenvalue weighted by atomic mass is 10.3. The molecule has 4 nitrogen and oxygen atoms in total. The maximum Gasteiger partial charge on any atom is 0.0900 e. The molecular weight excluding hydrogens is 168 g/mol. The van der Waals surface area contributed by atoms with Gasteiger partial charge in [-0.25, -0.2) is 0 Å².